The van der Waals surface area contributed by atoms with Gasteiger partial charge in [0, 0.05) is 43.8 Å². The predicted octanol–water partition coefficient (Wildman–Crippen LogP) is 2.56. The normalized spacial score (nSPS) is 19.3. The second kappa shape index (κ2) is 7.35. The van der Waals surface area contributed by atoms with Crippen molar-refractivity contribution < 1.29 is 4.74 Å². The largest absolute Gasteiger partial charge is 0.381 e. The Hall–Kier alpha value is -2.91. The zero-order chi connectivity index (χ0) is 20.9. The van der Waals surface area contributed by atoms with Crippen molar-refractivity contribution in [3.05, 3.63) is 45.4 Å². The number of imidazole rings is 2. The van der Waals surface area contributed by atoms with Crippen LogP contribution in [0.1, 0.15) is 36.7 Å². The fraction of sp³-hybridized carbons (Fsp3) is 0.429. The Morgan fingerprint density at radius 3 is 2.77 bits per heavy atom. The minimum Gasteiger partial charge on any atom is -0.381 e. The Morgan fingerprint density at radius 1 is 1.16 bits per heavy atom. The van der Waals surface area contributed by atoms with E-state index in [2.05, 4.69) is 14.9 Å². The van der Waals surface area contributed by atoms with Crippen LogP contribution in [-0.4, -0.2) is 55.4 Å². The van der Waals surface area contributed by atoms with E-state index in [0.29, 0.717) is 41.8 Å². The SMILES string of the molecule is O=c1[nH]c2c(N3CCC3)nc(-n3cnc4c3CC=C(Cl)C=C4)nc2n1C1CCOCC1. The van der Waals surface area contributed by atoms with Crippen molar-refractivity contribution >= 4 is 34.7 Å². The lowest BCUT2D eigenvalue weighted by molar-refractivity contribution is 0.0697. The molecule has 0 bridgehead atoms. The summed E-state index contributed by atoms with van der Waals surface area (Å²) in [5.74, 6) is 1.29. The molecule has 10 heteroatoms. The van der Waals surface area contributed by atoms with E-state index in [1.54, 1.807) is 10.9 Å². The van der Waals surface area contributed by atoms with Crippen LogP contribution in [0.15, 0.2) is 28.3 Å². The highest BCUT2D eigenvalue weighted by Gasteiger charge is 2.28. The summed E-state index contributed by atoms with van der Waals surface area (Å²) < 4.78 is 9.20. The molecule has 2 aliphatic heterocycles. The van der Waals surface area contributed by atoms with Crippen LogP contribution in [0, 0.1) is 0 Å². The van der Waals surface area contributed by atoms with Gasteiger partial charge in [-0.1, -0.05) is 17.7 Å². The molecule has 31 heavy (non-hydrogen) atoms. The molecule has 0 unspecified atom stereocenters. The number of nitrogens with one attached hydrogen (secondary N) is 1. The van der Waals surface area contributed by atoms with E-state index < -0.39 is 0 Å². The minimum absolute atomic E-state index is 0.0616. The van der Waals surface area contributed by atoms with Crippen molar-refractivity contribution in [2.24, 2.45) is 0 Å². The Bertz CT molecular complexity index is 1270. The van der Waals surface area contributed by atoms with E-state index in [0.717, 1.165) is 49.6 Å². The molecule has 0 atom stereocenters. The van der Waals surface area contributed by atoms with Crippen LogP contribution in [0.5, 0.6) is 0 Å². The molecule has 0 spiro atoms. The fourth-order valence-corrected chi connectivity index (χ4v) is 4.59. The molecule has 160 valence electrons. The first kappa shape index (κ1) is 18.8. The van der Waals surface area contributed by atoms with E-state index in [9.17, 15) is 4.79 Å². The third-order valence-corrected chi connectivity index (χ3v) is 6.53. The third kappa shape index (κ3) is 3.11. The average molecular weight is 440 g/mol. The van der Waals surface area contributed by atoms with Crippen molar-refractivity contribution in [1.82, 2.24) is 29.1 Å². The van der Waals surface area contributed by atoms with Crippen molar-refractivity contribution in [3.8, 4) is 5.95 Å². The van der Waals surface area contributed by atoms with Gasteiger partial charge in [0.25, 0.3) is 0 Å². The first-order valence-electron chi connectivity index (χ1n) is 10.6. The molecule has 3 aromatic rings. The number of nitrogens with zero attached hydrogens (tertiary/aromatic N) is 6. The molecule has 0 amide bonds. The lowest BCUT2D eigenvalue weighted by Gasteiger charge is -2.32. The standard InChI is InChI=1S/C21H22ClN7O2/c22-13-2-4-15-16(5-3-13)28(12-23-15)20-25-18(27-8-1-9-27)17-19(26-20)29(21(30)24-17)14-6-10-31-11-7-14/h2-4,12,14H,1,5-11H2,(H,24,30). The maximum Gasteiger partial charge on any atom is 0.328 e. The van der Waals surface area contributed by atoms with Crippen LogP contribution < -0.4 is 10.6 Å². The topological polar surface area (TPSA) is 93.9 Å². The maximum atomic E-state index is 13.0. The number of ether oxygens (including phenoxy) is 1. The van der Waals surface area contributed by atoms with Gasteiger partial charge in [-0.25, -0.2) is 9.78 Å². The second-order valence-corrected chi connectivity index (χ2v) is 8.54. The highest BCUT2D eigenvalue weighted by atomic mass is 35.5. The third-order valence-electron chi connectivity index (χ3n) is 6.25. The van der Waals surface area contributed by atoms with Gasteiger partial charge in [0.1, 0.15) is 11.8 Å². The molecule has 0 radical (unpaired) electrons. The van der Waals surface area contributed by atoms with Crippen LogP contribution in [0.2, 0.25) is 0 Å². The number of fused-ring (bicyclic) bond motifs is 2. The smallest absolute Gasteiger partial charge is 0.328 e. The molecule has 2 saturated heterocycles. The first-order valence-corrected chi connectivity index (χ1v) is 11.0. The highest BCUT2D eigenvalue weighted by molar-refractivity contribution is 6.31. The van der Waals surface area contributed by atoms with E-state index in [1.165, 1.54) is 0 Å². The van der Waals surface area contributed by atoms with Gasteiger partial charge >= 0.3 is 5.69 Å². The van der Waals surface area contributed by atoms with Crippen LogP contribution >= 0.6 is 11.6 Å². The van der Waals surface area contributed by atoms with Crippen LogP contribution in [0.4, 0.5) is 5.82 Å². The van der Waals surface area contributed by atoms with Crippen molar-refractivity contribution in [1.29, 1.82) is 0 Å². The number of anilines is 1. The number of aromatic amines is 1. The molecule has 3 aromatic heterocycles. The summed E-state index contributed by atoms with van der Waals surface area (Å²) in [5, 5.41) is 0.682. The predicted molar refractivity (Wildman–Crippen MR) is 118 cm³/mol. The summed E-state index contributed by atoms with van der Waals surface area (Å²) >= 11 is 6.19. The number of H-pyrrole nitrogens is 1. The maximum absolute atomic E-state index is 13.0. The molecule has 3 aliphatic rings. The summed E-state index contributed by atoms with van der Waals surface area (Å²) in [6.07, 6.45) is 10.8. The van der Waals surface area contributed by atoms with Gasteiger partial charge in [-0.2, -0.15) is 9.97 Å². The molecule has 2 fully saturated rings. The van der Waals surface area contributed by atoms with Crippen LogP contribution in [-0.2, 0) is 11.2 Å². The Balaban J connectivity index is 1.55. The van der Waals surface area contributed by atoms with E-state index in [1.807, 2.05) is 22.8 Å². The summed E-state index contributed by atoms with van der Waals surface area (Å²) in [7, 11) is 0. The van der Waals surface area contributed by atoms with E-state index in [-0.39, 0.29) is 11.7 Å². The van der Waals surface area contributed by atoms with Gasteiger partial charge in [-0.15, -0.1) is 0 Å². The van der Waals surface area contributed by atoms with Crippen molar-refractivity contribution in [2.75, 3.05) is 31.2 Å². The van der Waals surface area contributed by atoms with Crippen molar-refractivity contribution in [3.63, 3.8) is 0 Å². The lowest BCUT2D eigenvalue weighted by atomic mass is 10.1. The number of aromatic nitrogens is 6. The zero-order valence-electron chi connectivity index (χ0n) is 16.9. The van der Waals surface area contributed by atoms with Gasteiger partial charge in [-0.05, 0) is 31.4 Å². The van der Waals surface area contributed by atoms with Gasteiger partial charge < -0.3 is 14.6 Å². The molecular formula is C21H22ClN7O2. The summed E-state index contributed by atoms with van der Waals surface area (Å²) in [4.78, 5) is 32.5. The fourth-order valence-electron chi connectivity index (χ4n) is 4.45. The Labute approximate surface area is 183 Å². The first-order chi connectivity index (χ1) is 15.2. The van der Waals surface area contributed by atoms with Crippen LogP contribution in [0.3, 0.4) is 0 Å². The average Bonchev–Trinajstić information content (AvgIpc) is 3.24. The molecule has 9 nitrogen and oxygen atoms in total. The quantitative estimate of drug-likeness (QED) is 0.674. The monoisotopic (exact) mass is 439 g/mol. The number of hydrogen-bond donors (Lipinski definition) is 1. The summed E-state index contributed by atoms with van der Waals surface area (Å²) in [5.41, 5.74) is 3.02. The summed E-state index contributed by atoms with van der Waals surface area (Å²) in [6, 6.07) is 0.0616. The van der Waals surface area contributed by atoms with Gasteiger partial charge in [0.05, 0.1) is 11.4 Å². The van der Waals surface area contributed by atoms with Gasteiger partial charge in [-0.3, -0.25) is 9.13 Å². The number of hydrogen-bond acceptors (Lipinski definition) is 6. The molecule has 0 aromatic carbocycles. The molecule has 6 rings (SSSR count). The number of halogens is 1. The molecule has 0 saturated carbocycles. The number of allylic oxidation sites excluding steroid dienone is 3. The zero-order valence-corrected chi connectivity index (χ0v) is 17.7. The van der Waals surface area contributed by atoms with Crippen LogP contribution in [0.25, 0.3) is 23.2 Å². The molecule has 1 N–H and O–H groups in total. The second-order valence-electron chi connectivity index (χ2n) is 8.10. The lowest BCUT2D eigenvalue weighted by Crippen LogP contribution is -2.38. The van der Waals surface area contributed by atoms with Gasteiger partial charge in [0.2, 0.25) is 5.95 Å². The van der Waals surface area contributed by atoms with Crippen molar-refractivity contribution in [2.45, 2.75) is 31.7 Å². The summed E-state index contributed by atoms with van der Waals surface area (Å²) in [6.45, 7) is 3.13. The van der Waals surface area contributed by atoms with E-state index >= 15 is 0 Å². The van der Waals surface area contributed by atoms with Gasteiger partial charge in [0.15, 0.2) is 11.5 Å². The molecular weight excluding hydrogens is 418 g/mol. The number of rotatable bonds is 3. The highest BCUT2D eigenvalue weighted by Crippen LogP contribution is 2.30. The Morgan fingerprint density at radius 2 is 2.00 bits per heavy atom. The Kier molecular flexibility index (Phi) is 4.46. The molecule has 1 aliphatic carbocycles. The molecule has 5 heterocycles. The van der Waals surface area contributed by atoms with E-state index in [4.69, 9.17) is 26.3 Å². The minimum atomic E-state index is -0.141.